The molecule has 3 heteroatoms. The van der Waals surface area contributed by atoms with Crippen molar-refractivity contribution in [2.45, 2.75) is 39.2 Å². The largest absolute Gasteiger partial charge is 0.391 e. The molecule has 0 aromatic heterocycles. The maximum absolute atomic E-state index is 11.7. The molecular weight excluding hydrogens is 190 g/mol. The lowest BCUT2D eigenvalue weighted by molar-refractivity contribution is -0.125. The first-order chi connectivity index (χ1) is 7.11. The fourth-order valence-electron chi connectivity index (χ4n) is 1.62. The molecule has 0 aliphatic heterocycles. The van der Waals surface area contributed by atoms with Crippen LogP contribution in [0.3, 0.4) is 0 Å². The number of aliphatic hydroxyl groups excluding tert-OH is 1. The molecule has 1 amide bonds. The minimum Gasteiger partial charge on any atom is -0.391 e. The molecule has 0 aromatic carbocycles. The molecule has 86 valence electrons. The normalized spacial score (nSPS) is 22.8. The van der Waals surface area contributed by atoms with E-state index >= 15 is 0 Å². The molecule has 2 N–H and O–H groups in total. The zero-order chi connectivity index (χ0) is 11.3. The third-order valence-corrected chi connectivity index (χ3v) is 2.89. The van der Waals surface area contributed by atoms with Gasteiger partial charge in [0.05, 0.1) is 6.10 Å². The Morgan fingerprint density at radius 1 is 1.53 bits per heavy atom. The quantitative estimate of drug-likeness (QED) is 0.692. The Morgan fingerprint density at radius 2 is 2.27 bits per heavy atom. The number of carbonyl (C=O) groups excluding carboxylic acids is 1. The van der Waals surface area contributed by atoms with E-state index in [0.29, 0.717) is 6.54 Å². The first-order valence-corrected chi connectivity index (χ1v) is 5.72. The molecule has 15 heavy (non-hydrogen) atoms. The Morgan fingerprint density at radius 3 is 2.80 bits per heavy atom. The van der Waals surface area contributed by atoms with Crippen LogP contribution in [0.15, 0.2) is 12.2 Å². The first-order valence-electron chi connectivity index (χ1n) is 5.72. The number of amides is 1. The van der Waals surface area contributed by atoms with Gasteiger partial charge in [0.1, 0.15) is 0 Å². The number of hydrogen-bond donors (Lipinski definition) is 2. The van der Waals surface area contributed by atoms with Gasteiger partial charge in [-0.1, -0.05) is 26.0 Å². The maximum Gasteiger partial charge on any atom is 0.223 e. The van der Waals surface area contributed by atoms with Gasteiger partial charge < -0.3 is 10.4 Å². The van der Waals surface area contributed by atoms with Gasteiger partial charge in [0.25, 0.3) is 0 Å². The van der Waals surface area contributed by atoms with Crippen molar-refractivity contribution in [3.05, 3.63) is 12.2 Å². The van der Waals surface area contributed by atoms with Crippen molar-refractivity contribution in [1.82, 2.24) is 5.32 Å². The highest BCUT2D eigenvalue weighted by molar-refractivity contribution is 5.78. The van der Waals surface area contributed by atoms with E-state index < -0.39 is 6.10 Å². The summed E-state index contributed by atoms with van der Waals surface area (Å²) in [5.74, 6) is 0.380. The van der Waals surface area contributed by atoms with Crippen molar-refractivity contribution in [1.29, 1.82) is 0 Å². The summed E-state index contributed by atoms with van der Waals surface area (Å²) in [5.41, 5.74) is 0. The van der Waals surface area contributed by atoms with Crippen molar-refractivity contribution in [2.75, 3.05) is 6.54 Å². The standard InChI is InChI=1S/C12H21NO2/c1-9(2)11(14)8-13-12(15)10-6-4-3-5-7-10/h3-4,9-11,14H,5-8H2,1-2H3,(H,13,15). The highest BCUT2D eigenvalue weighted by Gasteiger charge is 2.19. The molecule has 1 rings (SSSR count). The van der Waals surface area contributed by atoms with Gasteiger partial charge in [-0.2, -0.15) is 0 Å². The fraction of sp³-hybridized carbons (Fsp3) is 0.750. The van der Waals surface area contributed by atoms with Gasteiger partial charge in [-0.3, -0.25) is 4.79 Å². The number of hydrogen-bond acceptors (Lipinski definition) is 2. The monoisotopic (exact) mass is 211 g/mol. The minimum absolute atomic E-state index is 0.0825. The predicted molar refractivity (Wildman–Crippen MR) is 60.3 cm³/mol. The second-order valence-corrected chi connectivity index (χ2v) is 4.54. The van der Waals surface area contributed by atoms with Crippen LogP contribution in [0.4, 0.5) is 0 Å². The van der Waals surface area contributed by atoms with E-state index in [1.807, 2.05) is 13.8 Å². The maximum atomic E-state index is 11.7. The first kappa shape index (κ1) is 12.2. The molecule has 1 aliphatic carbocycles. The van der Waals surface area contributed by atoms with Crippen LogP contribution < -0.4 is 5.32 Å². The van der Waals surface area contributed by atoms with Gasteiger partial charge in [-0.15, -0.1) is 0 Å². The van der Waals surface area contributed by atoms with Gasteiger partial charge in [0, 0.05) is 12.5 Å². The van der Waals surface area contributed by atoms with Crippen molar-refractivity contribution >= 4 is 5.91 Å². The highest BCUT2D eigenvalue weighted by Crippen LogP contribution is 2.17. The summed E-state index contributed by atoms with van der Waals surface area (Å²) in [6.07, 6.45) is 6.50. The van der Waals surface area contributed by atoms with Crippen LogP contribution in [0.1, 0.15) is 33.1 Å². The van der Waals surface area contributed by atoms with Crippen LogP contribution >= 0.6 is 0 Å². The summed E-state index contributed by atoms with van der Waals surface area (Å²) in [4.78, 5) is 11.7. The molecule has 1 aliphatic rings. The third kappa shape index (κ3) is 4.04. The lowest BCUT2D eigenvalue weighted by Crippen LogP contribution is -2.38. The molecule has 3 nitrogen and oxygen atoms in total. The van der Waals surface area contributed by atoms with Crippen molar-refractivity contribution in [3.63, 3.8) is 0 Å². The van der Waals surface area contributed by atoms with E-state index in [9.17, 15) is 9.90 Å². The summed E-state index contributed by atoms with van der Waals surface area (Å²) in [6.45, 7) is 4.26. The average molecular weight is 211 g/mol. The molecule has 0 spiro atoms. The van der Waals surface area contributed by atoms with Crippen LogP contribution in [0.25, 0.3) is 0 Å². The topological polar surface area (TPSA) is 49.3 Å². The van der Waals surface area contributed by atoms with E-state index in [4.69, 9.17) is 0 Å². The number of rotatable bonds is 4. The number of carbonyl (C=O) groups is 1. The lowest BCUT2D eigenvalue weighted by Gasteiger charge is -2.20. The van der Waals surface area contributed by atoms with Crippen LogP contribution in [0.2, 0.25) is 0 Å². The zero-order valence-corrected chi connectivity index (χ0v) is 9.57. The number of allylic oxidation sites excluding steroid dienone is 2. The Hall–Kier alpha value is -0.830. The number of aliphatic hydroxyl groups is 1. The molecule has 0 saturated carbocycles. The van der Waals surface area contributed by atoms with Crippen molar-refractivity contribution < 1.29 is 9.90 Å². The average Bonchev–Trinajstić information content (AvgIpc) is 2.26. The Bertz CT molecular complexity index is 236. The van der Waals surface area contributed by atoms with E-state index in [1.165, 1.54) is 0 Å². The molecule has 0 fully saturated rings. The van der Waals surface area contributed by atoms with Gasteiger partial charge in [-0.25, -0.2) is 0 Å². The summed E-state index contributed by atoms with van der Waals surface area (Å²) < 4.78 is 0. The minimum atomic E-state index is -0.437. The Labute approximate surface area is 91.6 Å². The second kappa shape index (κ2) is 5.91. The Kier molecular flexibility index (Phi) is 4.82. The SMILES string of the molecule is CC(C)C(O)CNC(=O)C1CC=CCC1. The van der Waals surface area contributed by atoms with Gasteiger partial charge in [0.2, 0.25) is 5.91 Å². The molecule has 2 unspecified atom stereocenters. The molecular formula is C12H21NO2. The van der Waals surface area contributed by atoms with Gasteiger partial charge >= 0.3 is 0 Å². The third-order valence-electron chi connectivity index (χ3n) is 2.89. The fourth-order valence-corrected chi connectivity index (χ4v) is 1.62. The summed E-state index contributed by atoms with van der Waals surface area (Å²) >= 11 is 0. The van der Waals surface area contributed by atoms with Crippen LogP contribution in [-0.2, 0) is 4.79 Å². The number of nitrogens with one attached hydrogen (secondary N) is 1. The molecule has 0 bridgehead atoms. The van der Waals surface area contributed by atoms with Crippen LogP contribution in [-0.4, -0.2) is 23.7 Å². The Balaban J connectivity index is 2.26. The molecule has 0 heterocycles. The van der Waals surface area contributed by atoms with Crippen LogP contribution in [0, 0.1) is 11.8 Å². The van der Waals surface area contributed by atoms with E-state index in [1.54, 1.807) is 0 Å². The van der Waals surface area contributed by atoms with E-state index in [-0.39, 0.29) is 17.7 Å². The van der Waals surface area contributed by atoms with E-state index in [2.05, 4.69) is 17.5 Å². The van der Waals surface area contributed by atoms with E-state index in [0.717, 1.165) is 19.3 Å². The lowest BCUT2D eigenvalue weighted by atomic mass is 9.93. The summed E-state index contributed by atoms with van der Waals surface area (Å²) in [7, 11) is 0. The highest BCUT2D eigenvalue weighted by atomic mass is 16.3. The molecule has 0 radical (unpaired) electrons. The van der Waals surface area contributed by atoms with Crippen LogP contribution in [0.5, 0.6) is 0 Å². The molecule has 0 saturated heterocycles. The summed E-state index contributed by atoms with van der Waals surface area (Å²) in [6, 6.07) is 0. The second-order valence-electron chi connectivity index (χ2n) is 4.54. The molecule has 0 aromatic rings. The predicted octanol–water partition coefficient (Wildman–Crippen LogP) is 1.48. The smallest absolute Gasteiger partial charge is 0.223 e. The zero-order valence-electron chi connectivity index (χ0n) is 9.57. The van der Waals surface area contributed by atoms with Crippen molar-refractivity contribution in [3.8, 4) is 0 Å². The van der Waals surface area contributed by atoms with Gasteiger partial charge in [0.15, 0.2) is 0 Å². The van der Waals surface area contributed by atoms with Gasteiger partial charge in [-0.05, 0) is 25.2 Å². The summed E-state index contributed by atoms with van der Waals surface area (Å²) in [5, 5.41) is 12.4. The van der Waals surface area contributed by atoms with Crippen molar-refractivity contribution in [2.24, 2.45) is 11.8 Å². The molecule has 2 atom stereocenters.